The third-order valence-corrected chi connectivity index (χ3v) is 2.81. The van der Waals surface area contributed by atoms with E-state index in [-0.39, 0.29) is 10.8 Å². The van der Waals surface area contributed by atoms with Gasteiger partial charge in [0.1, 0.15) is 11.3 Å². The zero-order valence-electron chi connectivity index (χ0n) is 10.3. The molecule has 0 spiro atoms. The number of halogens is 1. The maximum absolute atomic E-state index is 11.3. The minimum Gasteiger partial charge on any atom is -0.497 e. The number of ether oxygens (including phenoxy) is 1. The number of methoxy groups -OCH3 is 1. The summed E-state index contributed by atoms with van der Waals surface area (Å²) in [6.45, 7) is 1.59. The van der Waals surface area contributed by atoms with Crippen molar-refractivity contribution >= 4 is 17.6 Å². The molecule has 1 aromatic carbocycles. The van der Waals surface area contributed by atoms with Gasteiger partial charge in [-0.1, -0.05) is 0 Å². The summed E-state index contributed by atoms with van der Waals surface area (Å²) in [7, 11) is 1.56. The average Bonchev–Trinajstić information content (AvgIpc) is 2.37. The molecule has 0 radical (unpaired) electrons. The Morgan fingerprint density at radius 2 is 1.89 bits per heavy atom. The van der Waals surface area contributed by atoms with Crippen LogP contribution in [0.25, 0.3) is 11.3 Å². The van der Waals surface area contributed by atoms with E-state index in [0.29, 0.717) is 22.7 Å². The van der Waals surface area contributed by atoms with Gasteiger partial charge in [0, 0.05) is 5.56 Å². The molecule has 0 unspecified atom stereocenters. The van der Waals surface area contributed by atoms with Crippen molar-refractivity contribution in [3.63, 3.8) is 0 Å². The Hall–Kier alpha value is -2.14. The molecule has 0 saturated heterocycles. The van der Waals surface area contributed by atoms with Crippen molar-refractivity contribution in [2.75, 3.05) is 7.11 Å². The normalized spacial score (nSPS) is 10.3. The molecule has 0 fully saturated rings. The van der Waals surface area contributed by atoms with Crippen LogP contribution in [0.5, 0.6) is 5.75 Å². The summed E-state index contributed by atoms with van der Waals surface area (Å²) < 4.78 is 5.06. The lowest BCUT2D eigenvalue weighted by atomic mass is 10.0. The monoisotopic (exact) mass is 278 g/mol. The summed E-state index contributed by atoms with van der Waals surface area (Å²) >= 11 is 5.80. The van der Waals surface area contributed by atoms with E-state index in [4.69, 9.17) is 16.3 Å². The van der Waals surface area contributed by atoms with Gasteiger partial charge in [-0.15, -0.1) is 0 Å². The predicted octanol–water partition coefficient (Wildman–Crippen LogP) is 2.81. The summed E-state index contributed by atoms with van der Waals surface area (Å²) in [6.07, 6.45) is 0. The van der Waals surface area contributed by atoms with E-state index in [0.717, 1.165) is 0 Å². The molecule has 2 aromatic rings. The zero-order chi connectivity index (χ0) is 14.0. The van der Waals surface area contributed by atoms with E-state index < -0.39 is 5.97 Å². The van der Waals surface area contributed by atoms with Gasteiger partial charge >= 0.3 is 5.97 Å². The Morgan fingerprint density at radius 3 is 2.42 bits per heavy atom. The van der Waals surface area contributed by atoms with E-state index in [1.165, 1.54) is 0 Å². The quantitative estimate of drug-likeness (QED) is 0.874. The van der Waals surface area contributed by atoms with Gasteiger partial charge < -0.3 is 9.84 Å². The molecular formula is C13H11ClN2O3. The number of aromatic carboxylic acids is 1. The Morgan fingerprint density at radius 1 is 1.26 bits per heavy atom. The number of benzene rings is 1. The fourth-order valence-electron chi connectivity index (χ4n) is 1.75. The van der Waals surface area contributed by atoms with Crippen LogP contribution in [-0.2, 0) is 0 Å². The van der Waals surface area contributed by atoms with Gasteiger partial charge in [-0.2, -0.15) is 0 Å². The van der Waals surface area contributed by atoms with Crippen molar-refractivity contribution < 1.29 is 14.6 Å². The molecule has 5 nitrogen and oxygen atoms in total. The van der Waals surface area contributed by atoms with Gasteiger partial charge in [-0.05, 0) is 42.8 Å². The van der Waals surface area contributed by atoms with Crippen molar-refractivity contribution in [3.8, 4) is 17.0 Å². The van der Waals surface area contributed by atoms with Crippen molar-refractivity contribution in [1.29, 1.82) is 0 Å². The third kappa shape index (κ3) is 2.66. The molecule has 0 aliphatic heterocycles. The van der Waals surface area contributed by atoms with Crippen molar-refractivity contribution in [2.45, 2.75) is 6.92 Å². The summed E-state index contributed by atoms with van der Waals surface area (Å²) in [5, 5.41) is 9.27. The number of hydrogen-bond donors (Lipinski definition) is 1. The van der Waals surface area contributed by atoms with Crippen LogP contribution in [0.1, 0.15) is 16.1 Å². The van der Waals surface area contributed by atoms with Crippen LogP contribution in [-0.4, -0.2) is 28.2 Å². The van der Waals surface area contributed by atoms with E-state index in [2.05, 4.69) is 9.97 Å². The fraction of sp³-hybridized carbons (Fsp3) is 0.154. The first-order chi connectivity index (χ1) is 9.02. The molecule has 2 rings (SSSR count). The van der Waals surface area contributed by atoms with Crippen molar-refractivity contribution in [1.82, 2.24) is 9.97 Å². The Kier molecular flexibility index (Phi) is 3.66. The maximum atomic E-state index is 11.3. The molecule has 0 bridgehead atoms. The number of carboxylic acid groups (broad SMARTS) is 1. The SMILES string of the molecule is COc1ccc(-c2nc(Cl)nc(C)c2C(=O)O)cc1. The highest BCUT2D eigenvalue weighted by Gasteiger charge is 2.18. The van der Waals surface area contributed by atoms with E-state index >= 15 is 0 Å². The number of hydrogen-bond acceptors (Lipinski definition) is 4. The first-order valence-corrected chi connectivity index (χ1v) is 5.82. The van der Waals surface area contributed by atoms with Crippen LogP contribution in [0.4, 0.5) is 0 Å². The van der Waals surface area contributed by atoms with Crippen LogP contribution >= 0.6 is 11.6 Å². The molecular weight excluding hydrogens is 268 g/mol. The number of carboxylic acids is 1. The molecule has 0 saturated carbocycles. The van der Waals surface area contributed by atoms with E-state index in [1.807, 2.05) is 0 Å². The fourth-order valence-corrected chi connectivity index (χ4v) is 1.96. The summed E-state index contributed by atoms with van der Waals surface area (Å²) in [5.74, 6) is -0.405. The minimum absolute atomic E-state index is 0.0216. The smallest absolute Gasteiger partial charge is 0.339 e. The summed E-state index contributed by atoms with van der Waals surface area (Å²) in [6, 6.07) is 6.91. The highest BCUT2D eigenvalue weighted by atomic mass is 35.5. The average molecular weight is 279 g/mol. The first-order valence-electron chi connectivity index (χ1n) is 5.44. The molecule has 19 heavy (non-hydrogen) atoms. The second-order valence-corrected chi connectivity index (χ2v) is 4.17. The van der Waals surface area contributed by atoms with Crippen LogP contribution in [0.3, 0.4) is 0 Å². The zero-order valence-corrected chi connectivity index (χ0v) is 11.1. The molecule has 0 atom stereocenters. The molecule has 1 N–H and O–H groups in total. The predicted molar refractivity (Wildman–Crippen MR) is 70.7 cm³/mol. The van der Waals surface area contributed by atoms with Gasteiger partial charge in [-0.3, -0.25) is 0 Å². The second kappa shape index (κ2) is 5.24. The maximum Gasteiger partial charge on any atom is 0.339 e. The molecule has 98 valence electrons. The second-order valence-electron chi connectivity index (χ2n) is 3.84. The lowest BCUT2D eigenvalue weighted by Crippen LogP contribution is -2.07. The highest BCUT2D eigenvalue weighted by molar-refractivity contribution is 6.28. The van der Waals surface area contributed by atoms with Crippen LogP contribution < -0.4 is 4.74 Å². The number of aromatic nitrogens is 2. The third-order valence-electron chi connectivity index (χ3n) is 2.64. The molecule has 1 heterocycles. The lowest BCUT2D eigenvalue weighted by molar-refractivity contribution is 0.0696. The van der Waals surface area contributed by atoms with Crippen LogP contribution in [0.15, 0.2) is 24.3 Å². The molecule has 6 heteroatoms. The molecule has 0 amide bonds. The van der Waals surface area contributed by atoms with Crippen LogP contribution in [0.2, 0.25) is 5.28 Å². The Bertz CT molecular complexity index is 627. The van der Waals surface area contributed by atoms with Gasteiger partial charge in [0.15, 0.2) is 0 Å². The molecule has 0 aliphatic carbocycles. The van der Waals surface area contributed by atoms with Crippen LogP contribution in [0, 0.1) is 6.92 Å². The largest absolute Gasteiger partial charge is 0.497 e. The molecule has 1 aromatic heterocycles. The van der Waals surface area contributed by atoms with E-state index in [9.17, 15) is 9.90 Å². The lowest BCUT2D eigenvalue weighted by Gasteiger charge is -2.09. The molecule has 0 aliphatic rings. The van der Waals surface area contributed by atoms with Gasteiger partial charge in [0.05, 0.1) is 18.5 Å². The minimum atomic E-state index is -1.08. The van der Waals surface area contributed by atoms with Gasteiger partial charge in [-0.25, -0.2) is 14.8 Å². The Labute approximate surface area is 114 Å². The first kappa shape index (κ1) is 13.3. The highest BCUT2D eigenvalue weighted by Crippen LogP contribution is 2.26. The van der Waals surface area contributed by atoms with Gasteiger partial charge in [0.25, 0.3) is 0 Å². The van der Waals surface area contributed by atoms with Crippen molar-refractivity contribution in [3.05, 3.63) is 40.8 Å². The number of aryl methyl sites for hydroxylation is 1. The summed E-state index contributed by atoms with van der Waals surface area (Å²) in [5.41, 5.74) is 1.33. The topological polar surface area (TPSA) is 72.3 Å². The van der Waals surface area contributed by atoms with Crippen molar-refractivity contribution in [2.24, 2.45) is 0 Å². The summed E-state index contributed by atoms with van der Waals surface area (Å²) in [4.78, 5) is 19.2. The number of carbonyl (C=O) groups is 1. The Balaban J connectivity index is 2.62. The number of nitrogens with zero attached hydrogens (tertiary/aromatic N) is 2. The van der Waals surface area contributed by atoms with E-state index in [1.54, 1.807) is 38.3 Å². The van der Waals surface area contributed by atoms with Gasteiger partial charge in [0.2, 0.25) is 5.28 Å². The number of rotatable bonds is 3. The standard InChI is InChI=1S/C13H11ClN2O3/c1-7-10(12(17)18)11(16-13(14)15-7)8-3-5-9(19-2)6-4-8/h3-6H,1-2H3,(H,17,18).